The molecule has 16 heteroatoms. The van der Waals surface area contributed by atoms with E-state index in [9.17, 15) is 23.5 Å². The average molecular weight is 633 g/mol. The largest absolute Gasteiger partial charge is 0.465 e. The van der Waals surface area contributed by atoms with E-state index < -0.39 is 12.8 Å². The second-order valence-corrected chi connectivity index (χ2v) is 10.4. The lowest BCUT2D eigenvalue weighted by atomic mass is 10.1. The molecule has 1 aliphatic heterocycles. The number of likely N-dealkylation sites (tertiary alicyclic amines) is 1. The highest BCUT2D eigenvalue weighted by molar-refractivity contribution is 6.31. The van der Waals surface area contributed by atoms with Crippen molar-refractivity contribution in [3.63, 3.8) is 0 Å². The standard InChI is InChI=1S/C28H31ClF2N8O5/c1-2-43-24(41)14-33-18-6-10-37(11-7-18)23(40)16-38-15-21(35-27(42)20-13-34-39-9-3-8-32-26(20)39)25(36-38)19-12-17(29)4-5-22(19)44-28(30)31/h3-5,8-9,12-13,15,18,27-28,33,35,42H,2,6-7,10-11,14,16H2,1H3. The van der Waals surface area contributed by atoms with E-state index in [1.54, 1.807) is 30.3 Å². The summed E-state index contributed by atoms with van der Waals surface area (Å²) in [5.41, 5.74) is 1.24. The molecule has 1 aliphatic rings. The molecule has 4 aromatic rings. The van der Waals surface area contributed by atoms with Gasteiger partial charge in [0.15, 0.2) is 11.9 Å². The summed E-state index contributed by atoms with van der Waals surface area (Å²) in [5, 5.41) is 26.1. The number of benzene rings is 1. The van der Waals surface area contributed by atoms with Gasteiger partial charge in [0.25, 0.3) is 0 Å². The van der Waals surface area contributed by atoms with Gasteiger partial charge in [0, 0.05) is 48.3 Å². The highest BCUT2D eigenvalue weighted by Gasteiger charge is 2.26. The van der Waals surface area contributed by atoms with Gasteiger partial charge in [-0.2, -0.15) is 19.0 Å². The second-order valence-electron chi connectivity index (χ2n) is 9.98. The Balaban J connectivity index is 1.36. The molecule has 1 atom stereocenters. The Kier molecular flexibility index (Phi) is 9.87. The van der Waals surface area contributed by atoms with Crippen molar-refractivity contribution in [3.05, 3.63) is 59.6 Å². The minimum atomic E-state index is -3.11. The van der Waals surface area contributed by atoms with Crippen LogP contribution in [0.3, 0.4) is 0 Å². The predicted molar refractivity (Wildman–Crippen MR) is 155 cm³/mol. The van der Waals surface area contributed by atoms with Gasteiger partial charge in [-0.15, -0.1) is 0 Å². The number of aliphatic hydroxyl groups excluding tert-OH is 1. The molecule has 1 saturated heterocycles. The number of halogens is 3. The van der Waals surface area contributed by atoms with Crippen LogP contribution in [0.1, 0.15) is 31.6 Å². The van der Waals surface area contributed by atoms with Gasteiger partial charge in [-0.25, -0.2) is 9.50 Å². The lowest BCUT2D eigenvalue weighted by Crippen LogP contribution is -2.47. The van der Waals surface area contributed by atoms with E-state index in [-0.39, 0.29) is 58.7 Å². The molecule has 1 amide bonds. The van der Waals surface area contributed by atoms with Crippen LogP contribution in [0.5, 0.6) is 5.75 Å². The number of aliphatic hydroxyl groups is 1. The number of aromatic nitrogens is 5. The van der Waals surface area contributed by atoms with E-state index in [0.717, 1.165) is 0 Å². The zero-order valence-corrected chi connectivity index (χ0v) is 24.5. The molecule has 0 spiro atoms. The van der Waals surface area contributed by atoms with Crippen LogP contribution < -0.4 is 15.4 Å². The summed E-state index contributed by atoms with van der Waals surface area (Å²) < 4.78 is 39.0. The van der Waals surface area contributed by atoms with E-state index in [1.165, 1.54) is 39.8 Å². The van der Waals surface area contributed by atoms with Gasteiger partial charge in [0.2, 0.25) is 5.91 Å². The number of nitrogens with one attached hydrogen (secondary N) is 2. The highest BCUT2D eigenvalue weighted by Crippen LogP contribution is 2.38. The van der Waals surface area contributed by atoms with Gasteiger partial charge >= 0.3 is 12.6 Å². The van der Waals surface area contributed by atoms with E-state index in [2.05, 4.69) is 25.8 Å². The molecule has 4 heterocycles. The van der Waals surface area contributed by atoms with Crippen LogP contribution in [-0.4, -0.2) is 85.2 Å². The SMILES string of the molecule is CCOC(=O)CNC1CCN(C(=O)Cn2cc(NC(O)c3cnn4cccnc34)c(-c3cc(Cl)ccc3OC(F)F)n2)CC1. The van der Waals surface area contributed by atoms with Gasteiger partial charge in [-0.3, -0.25) is 14.3 Å². The fourth-order valence-corrected chi connectivity index (χ4v) is 5.14. The molecule has 3 N–H and O–H groups in total. The third kappa shape index (κ3) is 7.41. The topological polar surface area (TPSA) is 148 Å². The number of nitrogens with zero attached hydrogens (tertiary/aromatic N) is 6. The number of carbonyl (C=O) groups is 2. The number of esters is 1. The van der Waals surface area contributed by atoms with Crippen molar-refractivity contribution in [2.45, 2.75) is 45.2 Å². The van der Waals surface area contributed by atoms with Gasteiger partial charge in [0.1, 0.15) is 18.0 Å². The third-order valence-corrected chi connectivity index (χ3v) is 7.29. The second kappa shape index (κ2) is 14.0. The predicted octanol–water partition coefficient (Wildman–Crippen LogP) is 3.09. The lowest BCUT2D eigenvalue weighted by molar-refractivity contribution is -0.142. The van der Waals surface area contributed by atoms with E-state index >= 15 is 0 Å². The number of carbonyl (C=O) groups excluding carboxylic acids is 2. The number of ether oxygens (including phenoxy) is 2. The van der Waals surface area contributed by atoms with Gasteiger partial charge < -0.3 is 30.1 Å². The number of fused-ring (bicyclic) bond motifs is 1. The van der Waals surface area contributed by atoms with Crippen molar-refractivity contribution in [1.29, 1.82) is 0 Å². The van der Waals surface area contributed by atoms with Gasteiger partial charge in [0.05, 0.1) is 30.6 Å². The maximum atomic E-state index is 13.3. The molecule has 3 aromatic heterocycles. The van der Waals surface area contributed by atoms with Gasteiger partial charge in [-0.1, -0.05) is 11.6 Å². The molecule has 44 heavy (non-hydrogen) atoms. The van der Waals surface area contributed by atoms with Crippen LogP contribution in [0.4, 0.5) is 14.5 Å². The smallest absolute Gasteiger partial charge is 0.387 e. The summed E-state index contributed by atoms with van der Waals surface area (Å²) >= 11 is 6.21. The number of rotatable bonds is 12. The van der Waals surface area contributed by atoms with Crippen molar-refractivity contribution < 1.29 is 33.0 Å². The number of anilines is 1. The van der Waals surface area contributed by atoms with Crippen molar-refractivity contribution in [3.8, 4) is 17.0 Å². The summed E-state index contributed by atoms with van der Waals surface area (Å²) in [4.78, 5) is 30.8. The van der Waals surface area contributed by atoms with Crippen LogP contribution in [0, 0.1) is 0 Å². The third-order valence-electron chi connectivity index (χ3n) is 7.05. The molecular weight excluding hydrogens is 602 g/mol. The molecule has 1 unspecified atom stereocenters. The zero-order chi connectivity index (χ0) is 31.2. The van der Waals surface area contributed by atoms with Crippen LogP contribution in [0.25, 0.3) is 16.9 Å². The Bertz CT molecular complexity index is 1610. The van der Waals surface area contributed by atoms with Crippen LogP contribution >= 0.6 is 11.6 Å². The Hall–Kier alpha value is -4.34. The first kappa shape index (κ1) is 31.1. The normalized spacial score (nSPS) is 14.6. The van der Waals surface area contributed by atoms with E-state index in [0.29, 0.717) is 43.7 Å². The Morgan fingerprint density at radius 1 is 1.25 bits per heavy atom. The fraction of sp³-hybridized carbons (Fsp3) is 0.393. The first-order chi connectivity index (χ1) is 21.2. The van der Waals surface area contributed by atoms with Crippen molar-refractivity contribution in [1.82, 2.24) is 34.6 Å². The highest BCUT2D eigenvalue weighted by atomic mass is 35.5. The summed E-state index contributed by atoms with van der Waals surface area (Å²) in [6, 6.07) is 5.87. The number of piperidine rings is 1. The number of alkyl halides is 2. The summed E-state index contributed by atoms with van der Waals surface area (Å²) in [6.07, 6.45) is 6.15. The molecule has 0 saturated carbocycles. The summed E-state index contributed by atoms with van der Waals surface area (Å²) in [6.45, 7) is -0.157. The lowest BCUT2D eigenvalue weighted by Gasteiger charge is -2.32. The quantitative estimate of drug-likeness (QED) is 0.157. The Labute approximate surface area is 255 Å². The molecule has 1 fully saturated rings. The van der Waals surface area contributed by atoms with E-state index in [1.807, 2.05) is 0 Å². The Morgan fingerprint density at radius 3 is 2.80 bits per heavy atom. The summed E-state index contributed by atoms with van der Waals surface area (Å²) in [7, 11) is 0. The molecular formula is C28H31ClF2N8O5. The molecule has 234 valence electrons. The zero-order valence-electron chi connectivity index (χ0n) is 23.7. The number of hydrogen-bond donors (Lipinski definition) is 3. The maximum absolute atomic E-state index is 13.3. The summed E-state index contributed by atoms with van der Waals surface area (Å²) in [5.74, 6) is -0.722. The van der Waals surface area contributed by atoms with Crippen molar-refractivity contribution in [2.75, 3.05) is 31.6 Å². The molecule has 1 aromatic carbocycles. The van der Waals surface area contributed by atoms with E-state index in [4.69, 9.17) is 21.1 Å². The fourth-order valence-electron chi connectivity index (χ4n) is 4.97. The molecule has 0 aliphatic carbocycles. The monoisotopic (exact) mass is 632 g/mol. The maximum Gasteiger partial charge on any atom is 0.387 e. The van der Waals surface area contributed by atoms with Crippen molar-refractivity contribution in [2.24, 2.45) is 0 Å². The minimum Gasteiger partial charge on any atom is -0.465 e. The van der Waals surface area contributed by atoms with Crippen LogP contribution in [0.2, 0.25) is 5.02 Å². The minimum absolute atomic E-state index is 0.0718. The first-order valence-electron chi connectivity index (χ1n) is 13.9. The molecule has 0 bridgehead atoms. The molecule has 13 nitrogen and oxygen atoms in total. The van der Waals surface area contributed by atoms with Crippen LogP contribution in [-0.2, 0) is 20.9 Å². The van der Waals surface area contributed by atoms with Gasteiger partial charge in [-0.05, 0) is 44.0 Å². The molecule has 0 radical (unpaired) electrons. The van der Waals surface area contributed by atoms with Crippen molar-refractivity contribution >= 4 is 34.8 Å². The first-order valence-corrected chi connectivity index (χ1v) is 14.3. The Morgan fingerprint density at radius 2 is 2.05 bits per heavy atom. The van der Waals surface area contributed by atoms with Crippen LogP contribution in [0.15, 0.2) is 49.1 Å². The number of amides is 1. The average Bonchev–Trinajstić information content (AvgIpc) is 3.61. The number of hydrogen-bond acceptors (Lipinski definition) is 10. The molecule has 5 rings (SSSR count).